The van der Waals surface area contributed by atoms with Gasteiger partial charge in [-0.05, 0) is 40.0 Å². The molecule has 0 radical (unpaired) electrons. The molecule has 1 aromatic heterocycles. The number of rotatable bonds is 9. The molecule has 1 aromatic rings. The minimum Gasteiger partial charge on any atom is -0.443 e. The standard InChI is InChI=1S/C18H33N5O3/c1-5-6-7-8-11-20-16(24)21-12-9-10-14-13-23(15(19)22-14)17(25)26-18(2,3)4/h13H,5-12H2,1-4H3,(H2,19,22)(H2,20,21,24). The van der Waals surface area contributed by atoms with E-state index in [1.165, 1.54) is 17.4 Å². The van der Waals surface area contributed by atoms with Crippen LogP contribution in [0.4, 0.5) is 15.5 Å². The molecule has 0 fully saturated rings. The van der Waals surface area contributed by atoms with E-state index in [1.54, 1.807) is 27.0 Å². The third-order valence-electron chi connectivity index (χ3n) is 3.58. The zero-order valence-electron chi connectivity index (χ0n) is 16.4. The number of unbranched alkanes of at least 4 members (excludes halogenated alkanes) is 3. The van der Waals surface area contributed by atoms with Crippen molar-refractivity contribution < 1.29 is 14.3 Å². The van der Waals surface area contributed by atoms with E-state index < -0.39 is 11.7 Å². The number of anilines is 1. The number of aryl methyl sites for hydroxylation is 1. The van der Waals surface area contributed by atoms with E-state index >= 15 is 0 Å². The summed E-state index contributed by atoms with van der Waals surface area (Å²) in [5, 5.41) is 5.65. The van der Waals surface area contributed by atoms with Crippen LogP contribution in [0, 0.1) is 0 Å². The van der Waals surface area contributed by atoms with E-state index in [-0.39, 0.29) is 12.0 Å². The average Bonchev–Trinajstić information content (AvgIpc) is 2.91. The van der Waals surface area contributed by atoms with E-state index in [2.05, 4.69) is 22.5 Å². The van der Waals surface area contributed by atoms with Gasteiger partial charge in [-0.3, -0.25) is 0 Å². The van der Waals surface area contributed by atoms with Gasteiger partial charge in [-0.1, -0.05) is 26.2 Å². The predicted octanol–water partition coefficient (Wildman–Crippen LogP) is 3.06. The van der Waals surface area contributed by atoms with Crippen molar-refractivity contribution in [1.82, 2.24) is 20.2 Å². The van der Waals surface area contributed by atoms with Crippen LogP contribution in [0.15, 0.2) is 6.20 Å². The number of nitrogen functional groups attached to an aromatic ring is 1. The van der Waals surface area contributed by atoms with Gasteiger partial charge in [0.2, 0.25) is 5.95 Å². The molecule has 0 aliphatic carbocycles. The second kappa shape index (κ2) is 10.7. The quantitative estimate of drug-likeness (QED) is 0.581. The largest absolute Gasteiger partial charge is 0.443 e. The number of aromatic nitrogens is 2. The number of urea groups is 1. The smallest absolute Gasteiger partial charge is 0.421 e. The normalized spacial score (nSPS) is 11.2. The summed E-state index contributed by atoms with van der Waals surface area (Å²) in [5.41, 5.74) is 5.87. The number of nitrogens with two attached hydrogens (primary N) is 1. The van der Waals surface area contributed by atoms with Crippen LogP contribution in [0.3, 0.4) is 0 Å². The highest BCUT2D eigenvalue weighted by Gasteiger charge is 2.20. The van der Waals surface area contributed by atoms with Gasteiger partial charge < -0.3 is 21.1 Å². The van der Waals surface area contributed by atoms with E-state index in [4.69, 9.17) is 10.5 Å². The molecule has 0 unspecified atom stereocenters. The van der Waals surface area contributed by atoms with Gasteiger partial charge in [0, 0.05) is 19.3 Å². The maximum Gasteiger partial charge on any atom is 0.421 e. The number of imidazole rings is 1. The Morgan fingerprint density at radius 2 is 1.81 bits per heavy atom. The van der Waals surface area contributed by atoms with Crippen molar-refractivity contribution >= 4 is 18.1 Å². The minimum atomic E-state index is -0.595. The van der Waals surface area contributed by atoms with Crippen LogP contribution in [0.2, 0.25) is 0 Å². The summed E-state index contributed by atoms with van der Waals surface area (Å²) in [5.74, 6) is 0.104. The molecule has 8 heteroatoms. The van der Waals surface area contributed by atoms with E-state index in [0.717, 1.165) is 12.8 Å². The molecule has 4 N–H and O–H groups in total. The second-order valence-corrected chi connectivity index (χ2v) is 7.29. The van der Waals surface area contributed by atoms with Crippen LogP contribution in [0.1, 0.15) is 65.5 Å². The Morgan fingerprint density at radius 3 is 2.42 bits per heavy atom. The lowest BCUT2D eigenvalue weighted by Gasteiger charge is -2.19. The van der Waals surface area contributed by atoms with Gasteiger partial charge in [0.05, 0.1) is 5.69 Å². The minimum absolute atomic E-state index is 0.104. The average molecular weight is 367 g/mol. The van der Waals surface area contributed by atoms with Gasteiger partial charge in [0.25, 0.3) is 0 Å². The van der Waals surface area contributed by atoms with Gasteiger partial charge in [-0.2, -0.15) is 0 Å². The first-order valence-electron chi connectivity index (χ1n) is 9.31. The molecule has 148 valence electrons. The fourth-order valence-corrected chi connectivity index (χ4v) is 2.31. The molecule has 0 aliphatic heterocycles. The second-order valence-electron chi connectivity index (χ2n) is 7.29. The van der Waals surface area contributed by atoms with Gasteiger partial charge in [-0.15, -0.1) is 0 Å². The summed E-state index contributed by atoms with van der Waals surface area (Å²) in [7, 11) is 0. The Kier molecular flexibility index (Phi) is 8.95. The van der Waals surface area contributed by atoms with Crippen molar-refractivity contribution in [2.45, 2.75) is 71.8 Å². The van der Waals surface area contributed by atoms with Gasteiger partial charge >= 0.3 is 12.1 Å². The monoisotopic (exact) mass is 367 g/mol. The van der Waals surface area contributed by atoms with Crippen molar-refractivity contribution in [1.29, 1.82) is 0 Å². The lowest BCUT2D eigenvalue weighted by molar-refractivity contribution is 0.0540. The number of hydrogen-bond acceptors (Lipinski definition) is 5. The zero-order valence-corrected chi connectivity index (χ0v) is 16.4. The number of carbonyl (C=O) groups excluding carboxylic acids is 2. The number of ether oxygens (including phenoxy) is 1. The molecule has 0 bridgehead atoms. The molecule has 26 heavy (non-hydrogen) atoms. The molecule has 0 aromatic carbocycles. The van der Waals surface area contributed by atoms with Crippen LogP contribution < -0.4 is 16.4 Å². The van der Waals surface area contributed by atoms with Gasteiger partial charge in [-0.25, -0.2) is 19.1 Å². The summed E-state index contributed by atoms with van der Waals surface area (Å²) < 4.78 is 6.48. The van der Waals surface area contributed by atoms with Crippen molar-refractivity contribution in [2.24, 2.45) is 0 Å². The molecule has 0 aliphatic rings. The van der Waals surface area contributed by atoms with Crippen molar-refractivity contribution in [3.8, 4) is 0 Å². The molecule has 0 atom stereocenters. The fourth-order valence-electron chi connectivity index (χ4n) is 2.31. The van der Waals surface area contributed by atoms with Crippen LogP contribution in [0.5, 0.6) is 0 Å². The first-order valence-corrected chi connectivity index (χ1v) is 9.31. The summed E-state index contributed by atoms with van der Waals surface area (Å²) in [6, 6.07) is -0.153. The Hall–Kier alpha value is -2.25. The number of hydrogen-bond donors (Lipinski definition) is 3. The van der Waals surface area contributed by atoms with Gasteiger partial charge in [0.1, 0.15) is 5.60 Å². The highest BCUT2D eigenvalue weighted by atomic mass is 16.6. The van der Waals surface area contributed by atoms with E-state index in [0.29, 0.717) is 31.6 Å². The number of nitrogens with zero attached hydrogens (tertiary/aromatic N) is 2. The molecule has 0 spiro atoms. The van der Waals surface area contributed by atoms with E-state index in [9.17, 15) is 9.59 Å². The van der Waals surface area contributed by atoms with Crippen LogP contribution in [-0.2, 0) is 11.2 Å². The predicted molar refractivity (Wildman–Crippen MR) is 102 cm³/mol. The van der Waals surface area contributed by atoms with Crippen molar-refractivity contribution in [3.63, 3.8) is 0 Å². The van der Waals surface area contributed by atoms with E-state index in [1.807, 2.05) is 0 Å². The topological polar surface area (TPSA) is 111 Å². The maximum atomic E-state index is 12.0. The van der Waals surface area contributed by atoms with Crippen LogP contribution in [-0.4, -0.2) is 40.4 Å². The molecule has 1 rings (SSSR count). The summed E-state index contributed by atoms with van der Waals surface area (Å²) in [6.07, 6.45) is 6.86. The maximum absolute atomic E-state index is 12.0. The molecule has 8 nitrogen and oxygen atoms in total. The first kappa shape index (κ1) is 21.8. The first-order chi connectivity index (χ1) is 12.2. The molecular formula is C18H33N5O3. The third kappa shape index (κ3) is 8.73. The number of carbonyl (C=O) groups is 2. The lowest BCUT2D eigenvalue weighted by Crippen LogP contribution is -2.36. The molecule has 0 saturated carbocycles. The fraction of sp³-hybridized carbons (Fsp3) is 0.722. The molecule has 1 heterocycles. The summed E-state index contributed by atoms with van der Waals surface area (Å²) in [4.78, 5) is 27.8. The zero-order chi connectivity index (χ0) is 19.6. The van der Waals surface area contributed by atoms with Crippen molar-refractivity contribution in [3.05, 3.63) is 11.9 Å². The highest BCUT2D eigenvalue weighted by Crippen LogP contribution is 2.13. The Labute approximate surface area is 155 Å². The molecule has 0 saturated heterocycles. The lowest BCUT2D eigenvalue weighted by atomic mass is 10.2. The van der Waals surface area contributed by atoms with Crippen LogP contribution >= 0.6 is 0 Å². The summed E-state index contributed by atoms with van der Waals surface area (Å²) in [6.45, 7) is 8.76. The number of nitrogens with one attached hydrogen (secondary N) is 2. The van der Waals surface area contributed by atoms with Crippen LogP contribution in [0.25, 0.3) is 0 Å². The highest BCUT2D eigenvalue weighted by molar-refractivity contribution is 5.74. The van der Waals surface area contributed by atoms with Crippen molar-refractivity contribution in [2.75, 3.05) is 18.8 Å². The number of amides is 2. The SMILES string of the molecule is CCCCCCNC(=O)NCCCc1cn(C(=O)OC(C)(C)C)c(N)n1. The Balaban J connectivity index is 2.28. The Morgan fingerprint density at radius 1 is 1.15 bits per heavy atom. The summed E-state index contributed by atoms with van der Waals surface area (Å²) >= 11 is 0. The molecular weight excluding hydrogens is 334 g/mol. The Bertz CT molecular complexity index is 578. The molecule has 2 amide bonds. The third-order valence-corrected chi connectivity index (χ3v) is 3.58. The van der Waals surface area contributed by atoms with Gasteiger partial charge in [0.15, 0.2) is 0 Å².